The number of pyridine rings is 1. The van der Waals surface area contributed by atoms with Gasteiger partial charge in [-0.2, -0.15) is 0 Å². The first-order valence-electron chi connectivity index (χ1n) is 14.8. The van der Waals surface area contributed by atoms with Crippen molar-refractivity contribution < 1.29 is 41.7 Å². The Kier molecular flexibility index (Phi) is 10.2. The SMILES string of the molecule is COc1ccc2ncc(CN3CCOCC3)c([C@@H](F)CCC3(C(=O)O)CCN(CCOc4c(F)cc(F)cc4F)CC3)c2c1. The molecule has 0 bridgehead atoms. The van der Waals surface area contributed by atoms with E-state index < -0.39 is 40.8 Å². The van der Waals surface area contributed by atoms with Gasteiger partial charge in [-0.1, -0.05) is 0 Å². The van der Waals surface area contributed by atoms with Crippen molar-refractivity contribution in [2.45, 2.75) is 38.4 Å². The second kappa shape index (κ2) is 14.1. The molecule has 5 rings (SSSR count). The summed E-state index contributed by atoms with van der Waals surface area (Å²) in [7, 11) is 1.55. The number of halogens is 4. The number of piperidine rings is 1. The number of morpholine rings is 1. The van der Waals surface area contributed by atoms with E-state index in [1.165, 1.54) is 0 Å². The summed E-state index contributed by atoms with van der Waals surface area (Å²) in [5.41, 5.74) is 0.795. The van der Waals surface area contributed by atoms with Crippen molar-refractivity contribution in [2.24, 2.45) is 5.41 Å². The van der Waals surface area contributed by atoms with Crippen molar-refractivity contribution in [1.82, 2.24) is 14.8 Å². The van der Waals surface area contributed by atoms with Gasteiger partial charge in [0.1, 0.15) is 24.3 Å². The second-order valence-electron chi connectivity index (χ2n) is 11.4. The number of methoxy groups -OCH3 is 1. The summed E-state index contributed by atoms with van der Waals surface area (Å²) in [6.07, 6.45) is 1.03. The minimum Gasteiger partial charge on any atom is -0.497 e. The Balaban J connectivity index is 1.25. The fraction of sp³-hybridized carbons (Fsp3) is 0.500. The third-order valence-electron chi connectivity index (χ3n) is 8.77. The molecular formula is C32H37F4N3O5. The summed E-state index contributed by atoms with van der Waals surface area (Å²) in [5.74, 6) is -4.31. The monoisotopic (exact) mass is 619 g/mol. The van der Waals surface area contributed by atoms with Crippen LogP contribution in [-0.4, -0.2) is 85.5 Å². The molecule has 2 aliphatic heterocycles. The molecule has 0 spiro atoms. The van der Waals surface area contributed by atoms with E-state index in [1.807, 2.05) is 4.90 Å². The Morgan fingerprint density at radius 3 is 2.43 bits per heavy atom. The number of nitrogens with zero attached hydrogens (tertiary/aromatic N) is 3. The molecule has 1 aromatic heterocycles. The summed E-state index contributed by atoms with van der Waals surface area (Å²) in [6, 6.07) is 6.45. The standard InChI is InChI=1S/C32H37F4N3O5/c1-42-23-2-3-28-24(18-23)29(21(19-37-28)20-39-10-13-43-14-11-39)25(34)4-5-32(31(40)41)6-8-38(9-7-32)12-15-44-30-26(35)16-22(33)17-27(30)36/h2-3,16-19,25H,4-15,20H2,1H3,(H,40,41)/t25-/m0/s1. The number of rotatable bonds is 12. The van der Waals surface area contributed by atoms with Gasteiger partial charge >= 0.3 is 5.97 Å². The molecule has 44 heavy (non-hydrogen) atoms. The summed E-state index contributed by atoms with van der Waals surface area (Å²) in [5, 5.41) is 10.9. The van der Waals surface area contributed by atoms with Gasteiger partial charge in [-0.3, -0.25) is 19.6 Å². The van der Waals surface area contributed by atoms with Gasteiger partial charge in [0.15, 0.2) is 17.4 Å². The highest BCUT2D eigenvalue weighted by Gasteiger charge is 2.42. The van der Waals surface area contributed by atoms with Crippen LogP contribution in [-0.2, 0) is 16.1 Å². The zero-order chi connectivity index (χ0) is 31.3. The Morgan fingerprint density at radius 2 is 1.77 bits per heavy atom. The molecule has 2 aliphatic rings. The first-order valence-corrected chi connectivity index (χ1v) is 14.8. The molecular weight excluding hydrogens is 582 g/mol. The Morgan fingerprint density at radius 1 is 1.07 bits per heavy atom. The van der Waals surface area contributed by atoms with Crippen molar-refractivity contribution in [1.29, 1.82) is 0 Å². The molecule has 0 radical (unpaired) electrons. The lowest BCUT2D eigenvalue weighted by Crippen LogP contribution is -2.45. The maximum absolute atomic E-state index is 16.4. The lowest BCUT2D eigenvalue weighted by atomic mass is 9.74. The largest absolute Gasteiger partial charge is 0.497 e. The average Bonchev–Trinajstić information content (AvgIpc) is 3.01. The highest BCUT2D eigenvalue weighted by Crippen LogP contribution is 2.42. The average molecular weight is 620 g/mol. The first-order chi connectivity index (χ1) is 21.2. The number of fused-ring (bicyclic) bond motifs is 1. The lowest BCUT2D eigenvalue weighted by molar-refractivity contribution is -0.153. The van der Waals surface area contributed by atoms with E-state index in [-0.39, 0.29) is 19.4 Å². The first kappa shape index (κ1) is 31.9. The molecule has 0 unspecified atom stereocenters. The molecule has 3 heterocycles. The number of aliphatic carboxylic acids is 1. The summed E-state index contributed by atoms with van der Waals surface area (Å²) in [6.45, 7) is 4.21. The molecule has 0 saturated carbocycles. The van der Waals surface area contributed by atoms with E-state index in [0.717, 1.165) is 18.7 Å². The molecule has 0 aliphatic carbocycles. The van der Waals surface area contributed by atoms with Crippen molar-refractivity contribution in [3.8, 4) is 11.5 Å². The second-order valence-corrected chi connectivity index (χ2v) is 11.4. The van der Waals surface area contributed by atoms with Crippen molar-refractivity contribution in [2.75, 3.05) is 59.7 Å². The summed E-state index contributed by atoms with van der Waals surface area (Å²) >= 11 is 0. The molecule has 12 heteroatoms. The number of benzene rings is 2. The van der Waals surface area contributed by atoms with E-state index in [1.54, 1.807) is 31.5 Å². The van der Waals surface area contributed by atoms with E-state index in [0.29, 0.717) is 86.6 Å². The third kappa shape index (κ3) is 7.24. The molecule has 0 amide bonds. The van der Waals surface area contributed by atoms with Crippen LogP contribution in [0.4, 0.5) is 17.6 Å². The lowest BCUT2D eigenvalue weighted by Gasteiger charge is -2.39. The Bertz CT molecular complexity index is 1440. The number of hydrogen-bond donors (Lipinski definition) is 1. The maximum atomic E-state index is 16.4. The minimum atomic E-state index is -1.42. The van der Waals surface area contributed by atoms with Gasteiger partial charge in [-0.05, 0) is 62.5 Å². The molecule has 2 fully saturated rings. The van der Waals surface area contributed by atoms with Crippen LogP contribution in [0.3, 0.4) is 0 Å². The number of likely N-dealkylation sites (tertiary alicyclic amines) is 1. The maximum Gasteiger partial charge on any atom is 0.309 e. The van der Waals surface area contributed by atoms with Crippen LogP contribution in [0.1, 0.15) is 43.0 Å². The van der Waals surface area contributed by atoms with Crippen LogP contribution in [0.5, 0.6) is 11.5 Å². The van der Waals surface area contributed by atoms with Gasteiger partial charge in [-0.25, -0.2) is 17.6 Å². The van der Waals surface area contributed by atoms with Crippen LogP contribution < -0.4 is 9.47 Å². The molecule has 1 N–H and O–H groups in total. The van der Waals surface area contributed by atoms with Gasteiger partial charge in [0, 0.05) is 55.5 Å². The fourth-order valence-electron chi connectivity index (χ4n) is 6.12. The number of hydrogen-bond acceptors (Lipinski definition) is 7. The zero-order valence-electron chi connectivity index (χ0n) is 24.7. The molecule has 8 nitrogen and oxygen atoms in total. The topological polar surface area (TPSA) is 84.4 Å². The molecule has 238 valence electrons. The van der Waals surface area contributed by atoms with E-state index in [4.69, 9.17) is 14.2 Å². The van der Waals surface area contributed by atoms with E-state index in [9.17, 15) is 23.1 Å². The van der Waals surface area contributed by atoms with Crippen LogP contribution in [0, 0.1) is 22.9 Å². The van der Waals surface area contributed by atoms with Gasteiger partial charge in [0.2, 0.25) is 0 Å². The normalized spacial score (nSPS) is 18.3. The van der Waals surface area contributed by atoms with Crippen molar-refractivity contribution >= 4 is 16.9 Å². The number of ether oxygens (including phenoxy) is 3. The smallest absolute Gasteiger partial charge is 0.309 e. The number of aromatic nitrogens is 1. The van der Waals surface area contributed by atoms with Gasteiger partial charge < -0.3 is 19.3 Å². The fourth-order valence-corrected chi connectivity index (χ4v) is 6.12. The van der Waals surface area contributed by atoms with Crippen molar-refractivity contribution in [3.63, 3.8) is 0 Å². The van der Waals surface area contributed by atoms with E-state index >= 15 is 4.39 Å². The summed E-state index contributed by atoms with van der Waals surface area (Å²) < 4.78 is 73.4. The highest BCUT2D eigenvalue weighted by molar-refractivity contribution is 5.85. The quantitative estimate of drug-likeness (QED) is 0.265. The summed E-state index contributed by atoms with van der Waals surface area (Å²) in [4.78, 5) is 21.2. The van der Waals surface area contributed by atoms with Crippen LogP contribution >= 0.6 is 0 Å². The number of alkyl halides is 1. The van der Waals surface area contributed by atoms with Gasteiger partial charge in [0.25, 0.3) is 0 Å². The minimum absolute atomic E-state index is 0.0188. The van der Waals surface area contributed by atoms with Crippen LogP contribution in [0.15, 0.2) is 36.5 Å². The van der Waals surface area contributed by atoms with E-state index in [2.05, 4.69) is 9.88 Å². The molecule has 2 aromatic carbocycles. The predicted molar refractivity (Wildman–Crippen MR) is 155 cm³/mol. The third-order valence-corrected chi connectivity index (χ3v) is 8.77. The number of carboxylic acid groups (broad SMARTS) is 1. The molecule has 2 saturated heterocycles. The predicted octanol–water partition coefficient (Wildman–Crippen LogP) is 5.53. The zero-order valence-corrected chi connectivity index (χ0v) is 24.7. The number of carbonyl (C=O) groups is 1. The van der Waals surface area contributed by atoms with Gasteiger partial charge in [-0.15, -0.1) is 0 Å². The number of carboxylic acids is 1. The van der Waals surface area contributed by atoms with Gasteiger partial charge in [0.05, 0.1) is 31.3 Å². The highest BCUT2D eigenvalue weighted by atomic mass is 19.1. The molecule has 3 aromatic rings. The van der Waals surface area contributed by atoms with Crippen LogP contribution in [0.2, 0.25) is 0 Å². The Hall–Kier alpha value is -3.48. The molecule has 1 atom stereocenters. The Labute approximate surface area is 253 Å². The van der Waals surface area contributed by atoms with Crippen molar-refractivity contribution in [3.05, 3.63) is 65.1 Å². The van der Waals surface area contributed by atoms with Crippen LogP contribution in [0.25, 0.3) is 10.9 Å².